The van der Waals surface area contributed by atoms with Gasteiger partial charge < -0.3 is 0 Å². The van der Waals surface area contributed by atoms with E-state index in [0.717, 1.165) is 38.5 Å². The first kappa shape index (κ1) is 35.8. The highest BCUT2D eigenvalue weighted by molar-refractivity contribution is 7.88. The minimum atomic E-state index is -3.98. The Morgan fingerprint density at radius 2 is 0.528 bits per heavy atom. The summed E-state index contributed by atoms with van der Waals surface area (Å²) in [5, 5.41) is 0. The fourth-order valence-electron chi connectivity index (χ4n) is 4.39. The number of hydrogen-bond donors (Lipinski definition) is 0. The van der Waals surface area contributed by atoms with Gasteiger partial charge in [0.1, 0.15) is 0 Å². The average molecular weight is 555 g/mol. The van der Waals surface area contributed by atoms with Crippen LogP contribution >= 0.6 is 0 Å². The zero-order chi connectivity index (χ0) is 26.8. The van der Waals surface area contributed by atoms with Gasteiger partial charge in [-0.1, -0.05) is 164 Å². The summed E-state index contributed by atoms with van der Waals surface area (Å²) in [4.78, 5) is 0. The zero-order valence-electron chi connectivity index (χ0n) is 23.7. The maximum atomic E-state index is 11.9. The normalized spacial score (nSPS) is 12.4. The second-order valence-electron chi connectivity index (χ2n) is 10.4. The highest BCUT2D eigenvalue weighted by Crippen LogP contribution is 2.14. The molecule has 6 nitrogen and oxygen atoms in total. The third kappa shape index (κ3) is 26.9. The first-order valence-electron chi connectivity index (χ1n) is 15.2. The lowest BCUT2D eigenvalue weighted by Gasteiger charge is -2.06. The fourth-order valence-corrected chi connectivity index (χ4v) is 6.32. The van der Waals surface area contributed by atoms with Crippen molar-refractivity contribution in [3.63, 3.8) is 0 Å². The zero-order valence-corrected chi connectivity index (χ0v) is 25.3. The van der Waals surface area contributed by atoms with Crippen molar-refractivity contribution in [3.05, 3.63) is 0 Å². The summed E-state index contributed by atoms with van der Waals surface area (Å²) in [7, 11) is -7.97. The van der Waals surface area contributed by atoms with Gasteiger partial charge in [0.15, 0.2) is 0 Å². The molecule has 0 radical (unpaired) electrons. The Morgan fingerprint density at radius 3 is 0.750 bits per heavy atom. The molecule has 36 heavy (non-hydrogen) atoms. The number of rotatable bonds is 29. The van der Waals surface area contributed by atoms with E-state index in [1.807, 2.05) is 0 Å². The standard InChI is InChI=1S/C28H58O6S2/c1-3-5-7-9-11-13-15-16-17-18-20-22-24-26-28-36(31,32)34-33-35(29,30)27-25-23-21-19-14-12-10-8-6-4-2/h3-28H2,1-2H3. The van der Waals surface area contributed by atoms with E-state index in [0.29, 0.717) is 12.8 Å². The minimum Gasteiger partial charge on any atom is -0.197 e. The molecule has 0 unspecified atom stereocenters. The second-order valence-corrected chi connectivity index (χ2v) is 13.8. The second kappa shape index (κ2) is 25.1. The van der Waals surface area contributed by atoms with E-state index < -0.39 is 20.2 Å². The van der Waals surface area contributed by atoms with Crippen molar-refractivity contribution in [1.82, 2.24) is 0 Å². The van der Waals surface area contributed by atoms with Crippen LogP contribution in [0.25, 0.3) is 0 Å². The summed E-state index contributed by atoms with van der Waals surface area (Å²) >= 11 is 0. The summed E-state index contributed by atoms with van der Waals surface area (Å²) in [6, 6.07) is 0. The predicted octanol–water partition coefficient (Wildman–Crippen LogP) is 9.00. The van der Waals surface area contributed by atoms with Crippen molar-refractivity contribution in [2.45, 2.75) is 168 Å². The van der Waals surface area contributed by atoms with Gasteiger partial charge >= 0.3 is 0 Å². The highest BCUT2D eigenvalue weighted by atomic mass is 32.2. The Labute approximate surface area is 224 Å². The van der Waals surface area contributed by atoms with Crippen LogP contribution in [0.3, 0.4) is 0 Å². The molecule has 0 amide bonds. The van der Waals surface area contributed by atoms with Crippen molar-refractivity contribution in [2.24, 2.45) is 0 Å². The summed E-state index contributed by atoms with van der Waals surface area (Å²) in [6.45, 7) is 4.45. The average Bonchev–Trinajstić information content (AvgIpc) is 2.84. The molecule has 0 aromatic heterocycles. The third-order valence-electron chi connectivity index (χ3n) is 6.73. The van der Waals surface area contributed by atoms with E-state index in [9.17, 15) is 16.8 Å². The molecule has 0 atom stereocenters. The molecule has 8 heteroatoms. The van der Waals surface area contributed by atoms with E-state index in [-0.39, 0.29) is 11.5 Å². The van der Waals surface area contributed by atoms with E-state index >= 15 is 0 Å². The fraction of sp³-hybridized carbons (Fsp3) is 1.00. The van der Waals surface area contributed by atoms with Crippen molar-refractivity contribution < 1.29 is 25.5 Å². The molecule has 0 aliphatic carbocycles. The molecular formula is C28H58O6S2. The maximum absolute atomic E-state index is 11.9. The van der Waals surface area contributed by atoms with E-state index in [1.54, 1.807) is 0 Å². The van der Waals surface area contributed by atoms with E-state index in [2.05, 4.69) is 22.5 Å². The molecular weight excluding hydrogens is 496 g/mol. The maximum Gasteiger partial charge on any atom is 0.294 e. The Morgan fingerprint density at radius 1 is 0.333 bits per heavy atom. The summed E-state index contributed by atoms with van der Waals surface area (Å²) in [6.07, 6.45) is 27.4. The van der Waals surface area contributed by atoms with Crippen LogP contribution in [0.2, 0.25) is 0 Å². The van der Waals surface area contributed by atoms with Gasteiger partial charge in [-0.05, 0) is 12.8 Å². The molecule has 0 bridgehead atoms. The Hall–Kier alpha value is -0.180. The Kier molecular flexibility index (Phi) is 25.0. The van der Waals surface area contributed by atoms with Gasteiger partial charge in [0.2, 0.25) is 0 Å². The van der Waals surface area contributed by atoms with Crippen LogP contribution in [-0.4, -0.2) is 28.3 Å². The van der Waals surface area contributed by atoms with Crippen LogP contribution in [0, 0.1) is 0 Å². The molecule has 0 aromatic rings. The number of hydrogen-bond acceptors (Lipinski definition) is 6. The smallest absolute Gasteiger partial charge is 0.197 e. The molecule has 0 fully saturated rings. The SMILES string of the molecule is CCCCCCCCCCCCCCCCS(=O)(=O)OOS(=O)(=O)CCCCCCCCCCCC. The van der Waals surface area contributed by atoms with Gasteiger partial charge in [-0.2, -0.15) is 16.8 Å². The van der Waals surface area contributed by atoms with Crippen LogP contribution < -0.4 is 0 Å². The third-order valence-corrected chi connectivity index (χ3v) is 8.95. The van der Waals surface area contributed by atoms with Crippen LogP contribution in [0.1, 0.15) is 168 Å². The van der Waals surface area contributed by atoms with Crippen LogP contribution in [0.15, 0.2) is 0 Å². The lowest BCUT2D eigenvalue weighted by atomic mass is 10.0. The lowest BCUT2D eigenvalue weighted by Crippen LogP contribution is -2.17. The Balaban J connectivity index is 3.60. The lowest BCUT2D eigenvalue weighted by molar-refractivity contribution is -0.0850. The summed E-state index contributed by atoms with van der Waals surface area (Å²) < 4.78 is 56.3. The van der Waals surface area contributed by atoms with Crippen LogP contribution in [0.4, 0.5) is 0 Å². The topological polar surface area (TPSA) is 86.7 Å². The number of unbranched alkanes of at least 4 members (excludes halogenated alkanes) is 22. The molecule has 0 N–H and O–H groups in total. The van der Waals surface area contributed by atoms with Gasteiger partial charge in [0, 0.05) is 0 Å². The molecule has 0 spiro atoms. The van der Waals surface area contributed by atoms with Gasteiger partial charge in [0.05, 0.1) is 11.5 Å². The quantitative estimate of drug-likeness (QED) is 0.0521. The molecule has 0 saturated heterocycles. The predicted molar refractivity (Wildman–Crippen MR) is 152 cm³/mol. The van der Waals surface area contributed by atoms with Crippen molar-refractivity contribution in [3.8, 4) is 0 Å². The summed E-state index contributed by atoms with van der Waals surface area (Å²) in [5.41, 5.74) is 0. The molecule has 218 valence electrons. The van der Waals surface area contributed by atoms with Crippen LogP contribution in [-0.2, 0) is 28.9 Å². The first-order chi connectivity index (χ1) is 17.3. The van der Waals surface area contributed by atoms with E-state index in [4.69, 9.17) is 0 Å². The van der Waals surface area contributed by atoms with Gasteiger partial charge in [0.25, 0.3) is 20.2 Å². The molecule has 0 rings (SSSR count). The van der Waals surface area contributed by atoms with Gasteiger partial charge in [-0.3, -0.25) is 0 Å². The van der Waals surface area contributed by atoms with E-state index in [1.165, 1.54) is 103 Å². The molecule has 0 aromatic carbocycles. The van der Waals surface area contributed by atoms with Gasteiger partial charge in [-0.25, -0.2) is 0 Å². The Bertz CT molecular complexity index is 662. The molecule has 0 aliphatic heterocycles. The monoisotopic (exact) mass is 554 g/mol. The van der Waals surface area contributed by atoms with Crippen molar-refractivity contribution in [1.29, 1.82) is 0 Å². The van der Waals surface area contributed by atoms with Gasteiger partial charge in [-0.15, -0.1) is 0 Å². The van der Waals surface area contributed by atoms with Crippen molar-refractivity contribution >= 4 is 20.2 Å². The highest BCUT2D eigenvalue weighted by Gasteiger charge is 2.19. The molecule has 0 heterocycles. The minimum absolute atomic E-state index is 0.210. The molecule has 0 aliphatic rings. The van der Waals surface area contributed by atoms with Crippen LogP contribution in [0.5, 0.6) is 0 Å². The summed E-state index contributed by atoms with van der Waals surface area (Å²) in [5.74, 6) is -0.420. The first-order valence-corrected chi connectivity index (χ1v) is 18.3. The largest absolute Gasteiger partial charge is 0.294 e. The molecule has 0 saturated carbocycles. The van der Waals surface area contributed by atoms with Crippen molar-refractivity contribution in [2.75, 3.05) is 11.5 Å².